The Balaban J connectivity index is 0.00000176. The highest BCUT2D eigenvalue weighted by molar-refractivity contribution is 5.85. The van der Waals surface area contributed by atoms with E-state index in [4.69, 9.17) is 0 Å². The summed E-state index contributed by atoms with van der Waals surface area (Å²) >= 11 is 0. The van der Waals surface area contributed by atoms with Gasteiger partial charge in [-0.15, -0.1) is 0 Å². The maximum Gasteiger partial charge on any atom is 0.103 e. The average molecular weight is 279 g/mol. The van der Waals surface area contributed by atoms with Crippen molar-refractivity contribution < 1.29 is 1.43 Å². The SMILES string of the molecule is Cc1cc(-c2ccc(N(C)C)cc2)c2c(C#N)cnn2c1.[2HH]. The van der Waals surface area contributed by atoms with Crippen LogP contribution >= 0.6 is 0 Å². The average Bonchev–Trinajstić information content (AvgIpc) is 2.89. The van der Waals surface area contributed by atoms with Crippen LogP contribution in [0.15, 0.2) is 42.7 Å². The van der Waals surface area contributed by atoms with Gasteiger partial charge in [0.25, 0.3) is 0 Å². The van der Waals surface area contributed by atoms with Crippen LogP contribution < -0.4 is 4.90 Å². The normalized spacial score (nSPS) is 10.6. The molecule has 0 amide bonds. The van der Waals surface area contributed by atoms with E-state index in [0.29, 0.717) is 5.56 Å². The minimum absolute atomic E-state index is 0. The van der Waals surface area contributed by atoms with Gasteiger partial charge in [-0.05, 0) is 36.2 Å². The first-order valence-electron chi connectivity index (χ1n) is 6.76. The van der Waals surface area contributed by atoms with Gasteiger partial charge in [-0.25, -0.2) is 4.52 Å². The standard InChI is InChI=1S/C17H16N4.H2/c1-12-8-16(13-4-6-15(7-5-13)20(2)3)17-14(9-18)10-19-21(17)11-12;/h4-8,10-11H,1-3H3;1H/i;1+1. The second-order valence-electron chi connectivity index (χ2n) is 5.34. The summed E-state index contributed by atoms with van der Waals surface area (Å²) in [7, 11) is 4.04. The summed E-state index contributed by atoms with van der Waals surface area (Å²) in [5.74, 6) is 0. The van der Waals surface area contributed by atoms with Crippen LogP contribution in [0.4, 0.5) is 5.69 Å². The lowest BCUT2D eigenvalue weighted by Gasteiger charge is -2.13. The minimum Gasteiger partial charge on any atom is -0.378 e. The van der Waals surface area contributed by atoms with E-state index in [2.05, 4.69) is 46.4 Å². The number of hydrogen-bond donors (Lipinski definition) is 0. The Kier molecular flexibility index (Phi) is 3.11. The molecular weight excluding hydrogens is 260 g/mol. The Morgan fingerprint density at radius 1 is 1.24 bits per heavy atom. The zero-order valence-electron chi connectivity index (χ0n) is 12.3. The van der Waals surface area contributed by atoms with Gasteiger partial charge in [0.1, 0.15) is 6.07 Å². The zero-order valence-corrected chi connectivity index (χ0v) is 12.3. The molecule has 4 nitrogen and oxygen atoms in total. The highest BCUT2D eigenvalue weighted by Gasteiger charge is 2.11. The molecule has 0 saturated heterocycles. The summed E-state index contributed by atoms with van der Waals surface area (Å²) in [6, 6.07) is 12.6. The summed E-state index contributed by atoms with van der Waals surface area (Å²) in [4.78, 5) is 2.06. The molecule has 0 saturated carbocycles. The van der Waals surface area contributed by atoms with Crippen molar-refractivity contribution >= 4 is 11.2 Å². The molecule has 2 heterocycles. The Hall–Kier alpha value is -2.80. The van der Waals surface area contributed by atoms with Crippen LogP contribution in [0, 0.1) is 18.3 Å². The first kappa shape index (κ1) is 13.2. The van der Waals surface area contributed by atoms with E-state index < -0.39 is 0 Å². The first-order chi connectivity index (χ1) is 10.1. The van der Waals surface area contributed by atoms with Crippen molar-refractivity contribution in [1.29, 1.82) is 5.26 Å². The van der Waals surface area contributed by atoms with Gasteiger partial charge in [0.2, 0.25) is 0 Å². The van der Waals surface area contributed by atoms with Gasteiger partial charge in [0, 0.05) is 33.0 Å². The number of fused-ring (bicyclic) bond motifs is 1. The van der Waals surface area contributed by atoms with Crippen LogP contribution in [0.3, 0.4) is 0 Å². The predicted molar refractivity (Wildman–Crippen MR) is 86.5 cm³/mol. The van der Waals surface area contributed by atoms with Gasteiger partial charge in [0.15, 0.2) is 0 Å². The molecule has 0 N–H and O–H groups in total. The quantitative estimate of drug-likeness (QED) is 0.721. The molecule has 0 aliphatic rings. The van der Waals surface area contributed by atoms with Gasteiger partial charge in [0.05, 0.1) is 17.3 Å². The molecule has 3 aromatic rings. The molecule has 21 heavy (non-hydrogen) atoms. The van der Waals surface area contributed by atoms with Crippen molar-refractivity contribution in [2.24, 2.45) is 0 Å². The van der Waals surface area contributed by atoms with Crippen molar-refractivity contribution in [3.8, 4) is 17.2 Å². The zero-order chi connectivity index (χ0) is 15.0. The number of pyridine rings is 1. The molecule has 0 radical (unpaired) electrons. The lowest BCUT2D eigenvalue weighted by Crippen LogP contribution is -2.07. The second kappa shape index (κ2) is 4.95. The van der Waals surface area contributed by atoms with Crippen LogP contribution in [-0.4, -0.2) is 23.7 Å². The van der Waals surface area contributed by atoms with E-state index in [1.54, 1.807) is 10.7 Å². The summed E-state index contributed by atoms with van der Waals surface area (Å²) in [5, 5.41) is 13.5. The Morgan fingerprint density at radius 3 is 2.57 bits per heavy atom. The molecule has 0 bridgehead atoms. The number of hydrogen-bond acceptors (Lipinski definition) is 3. The molecule has 0 fully saturated rings. The summed E-state index contributed by atoms with van der Waals surface area (Å²) in [6.07, 6.45) is 3.56. The summed E-state index contributed by atoms with van der Waals surface area (Å²) in [6.45, 7) is 2.03. The third kappa shape index (κ3) is 2.23. The topological polar surface area (TPSA) is 44.3 Å². The van der Waals surface area contributed by atoms with E-state index >= 15 is 0 Å². The largest absolute Gasteiger partial charge is 0.378 e. The third-order valence-electron chi connectivity index (χ3n) is 3.56. The Bertz CT molecular complexity index is 841. The predicted octanol–water partition coefficient (Wildman–Crippen LogP) is 3.49. The van der Waals surface area contributed by atoms with Crippen molar-refractivity contribution in [1.82, 2.24) is 9.61 Å². The molecule has 1 aromatic carbocycles. The van der Waals surface area contributed by atoms with E-state index in [9.17, 15) is 5.26 Å². The maximum atomic E-state index is 9.27. The smallest absolute Gasteiger partial charge is 0.103 e. The number of nitrogens with zero attached hydrogens (tertiary/aromatic N) is 4. The van der Waals surface area contributed by atoms with E-state index in [0.717, 1.165) is 27.9 Å². The minimum atomic E-state index is 0. The van der Waals surface area contributed by atoms with E-state index in [1.807, 2.05) is 27.2 Å². The molecule has 0 aliphatic heterocycles. The molecule has 3 rings (SSSR count). The van der Waals surface area contributed by atoms with Crippen LogP contribution in [0.2, 0.25) is 0 Å². The van der Waals surface area contributed by atoms with Gasteiger partial charge >= 0.3 is 0 Å². The van der Waals surface area contributed by atoms with Crippen molar-refractivity contribution in [2.45, 2.75) is 6.92 Å². The number of rotatable bonds is 2. The fraction of sp³-hybridized carbons (Fsp3) is 0.176. The molecule has 0 atom stereocenters. The highest BCUT2D eigenvalue weighted by Crippen LogP contribution is 2.29. The van der Waals surface area contributed by atoms with Crippen molar-refractivity contribution in [3.63, 3.8) is 0 Å². The van der Waals surface area contributed by atoms with Gasteiger partial charge in [-0.2, -0.15) is 10.4 Å². The Morgan fingerprint density at radius 2 is 1.95 bits per heavy atom. The monoisotopic (exact) mass is 279 g/mol. The highest BCUT2D eigenvalue weighted by atomic mass is 15.2. The number of benzene rings is 1. The van der Waals surface area contributed by atoms with Gasteiger partial charge in [-0.1, -0.05) is 12.1 Å². The van der Waals surface area contributed by atoms with Crippen LogP contribution in [-0.2, 0) is 0 Å². The molecule has 2 aromatic heterocycles. The van der Waals surface area contributed by atoms with Gasteiger partial charge in [-0.3, -0.25) is 0 Å². The first-order valence-corrected chi connectivity index (χ1v) is 6.76. The molecule has 4 heteroatoms. The fourth-order valence-electron chi connectivity index (χ4n) is 2.50. The van der Waals surface area contributed by atoms with Crippen molar-refractivity contribution in [3.05, 3.63) is 53.9 Å². The molecule has 0 spiro atoms. The molecule has 0 aliphatic carbocycles. The van der Waals surface area contributed by atoms with Crippen LogP contribution in [0.5, 0.6) is 0 Å². The molecule has 106 valence electrons. The lowest BCUT2D eigenvalue weighted by molar-refractivity contribution is 0.953. The van der Waals surface area contributed by atoms with Gasteiger partial charge < -0.3 is 4.90 Å². The molecule has 0 unspecified atom stereocenters. The molecular formula is C17H18N4. The number of aromatic nitrogens is 2. The van der Waals surface area contributed by atoms with E-state index in [1.165, 1.54) is 0 Å². The lowest BCUT2D eigenvalue weighted by atomic mass is 10.0. The van der Waals surface area contributed by atoms with Crippen LogP contribution in [0.1, 0.15) is 12.6 Å². The summed E-state index contributed by atoms with van der Waals surface area (Å²) < 4.78 is 1.78. The maximum absolute atomic E-state index is 9.27. The van der Waals surface area contributed by atoms with E-state index in [-0.39, 0.29) is 1.43 Å². The number of aryl methyl sites for hydroxylation is 1. The number of anilines is 1. The number of nitriles is 1. The summed E-state index contributed by atoms with van der Waals surface area (Å²) in [5.41, 5.74) is 5.85. The van der Waals surface area contributed by atoms with Crippen LogP contribution in [0.25, 0.3) is 16.6 Å². The second-order valence-corrected chi connectivity index (χ2v) is 5.34. The van der Waals surface area contributed by atoms with Crippen molar-refractivity contribution in [2.75, 3.05) is 19.0 Å². The third-order valence-corrected chi connectivity index (χ3v) is 3.56. The fourth-order valence-corrected chi connectivity index (χ4v) is 2.50. The Labute approximate surface area is 125 Å².